The lowest BCUT2D eigenvalue weighted by Gasteiger charge is -2.13. The Morgan fingerprint density at radius 1 is 1.46 bits per heavy atom. The molecule has 0 aliphatic carbocycles. The number of carboxylic acids is 1. The lowest BCUT2D eigenvalue weighted by Crippen LogP contribution is -2.11. The monoisotopic (exact) mass is 353 g/mol. The molecule has 2 rings (SSSR count). The summed E-state index contributed by atoms with van der Waals surface area (Å²) in [4.78, 5) is 17.7. The molecule has 0 amide bonds. The summed E-state index contributed by atoms with van der Waals surface area (Å²) in [5.74, 6) is -0.668. The topological polar surface area (TPSA) is 78.6 Å². The number of fused-ring (bicyclic) bond motifs is 1. The van der Waals surface area contributed by atoms with Gasteiger partial charge in [-0.15, -0.1) is 0 Å². The molecule has 1 aromatic carbocycles. The zero-order valence-electron chi connectivity index (χ0n) is 15.2. The van der Waals surface area contributed by atoms with Gasteiger partial charge in [0.05, 0.1) is 5.57 Å². The second-order valence-electron chi connectivity index (χ2n) is 5.69. The fourth-order valence-electron chi connectivity index (χ4n) is 2.38. The summed E-state index contributed by atoms with van der Waals surface area (Å²) < 4.78 is 5.85. The summed E-state index contributed by atoms with van der Waals surface area (Å²) in [5, 5.41) is 12.1. The predicted octanol–water partition coefficient (Wildman–Crippen LogP) is 3.55. The van der Waals surface area contributed by atoms with Gasteiger partial charge >= 0.3 is 5.97 Å². The van der Waals surface area contributed by atoms with Crippen LogP contribution in [-0.4, -0.2) is 35.1 Å². The van der Waals surface area contributed by atoms with Gasteiger partial charge in [-0.3, -0.25) is 0 Å². The van der Waals surface area contributed by atoms with E-state index >= 15 is 0 Å². The molecule has 0 aliphatic heterocycles. The van der Waals surface area contributed by atoms with Crippen LogP contribution < -0.4 is 5.32 Å². The van der Waals surface area contributed by atoms with Crippen molar-refractivity contribution in [3.05, 3.63) is 72.4 Å². The Kier molecular flexibility index (Phi) is 6.38. The Bertz CT molecular complexity index is 891. The fraction of sp³-hybridized carbons (Fsp3) is 0.200. The van der Waals surface area contributed by atoms with Gasteiger partial charge in [0.1, 0.15) is 5.52 Å². The maximum absolute atomic E-state index is 11.2. The Balaban J connectivity index is 2.32. The molecule has 26 heavy (non-hydrogen) atoms. The summed E-state index contributed by atoms with van der Waals surface area (Å²) in [5.41, 5.74) is 3.14. The van der Waals surface area contributed by atoms with Gasteiger partial charge in [-0.1, -0.05) is 24.8 Å². The van der Waals surface area contributed by atoms with Crippen molar-refractivity contribution in [2.24, 2.45) is 0 Å². The molecule has 1 aromatic heterocycles. The highest BCUT2D eigenvalue weighted by atomic mass is 16.4. The second-order valence-corrected chi connectivity index (χ2v) is 5.69. The number of nitrogens with one attached hydrogen (secondary N) is 1. The lowest BCUT2D eigenvalue weighted by molar-refractivity contribution is -0.132. The molecule has 0 saturated heterocycles. The molecule has 2 aromatic rings. The van der Waals surface area contributed by atoms with E-state index < -0.39 is 5.97 Å². The van der Waals surface area contributed by atoms with Crippen molar-refractivity contribution in [1.82, 2.24) is 15.2 Å². The summed E-state index contributed by atoms with van der Waals surface area (Å²) in [6.45, 7) is 6.05. The minimum atomic E-state index is -1.05. The standard InChI is InChI=1S/C20H23N3O3/c1-5-15(12-16(6-2)20(24)25)19-22-17-8-7-14(11-18(17)26-19)13-23(4)10-9-21-3/h5-12,21H,2,13H2,1,3-4H3,(H,24,25)/b10-9-,15-5+,16-12+. The highest BCUT2D eigenvalue weighted by molar-refractivity contribution is 5.93. The number of allylic oxidation sites excluding steroid dienone is 3. The number of rotatable bonds is 8. The molecule has 136 valence electrons. The molecule has 0 atom stereocenters. The van der Waals surface area contributed by atoms with Gasteiger partial charge in [0.15, 0.2) is 5.58 Å². The molecule has 6 heteroatoms. The summed E-state index contributed by atoms with van der Waals surface area (Å²) in [7, 11) is 3.83. The third-order valence-corrected chi connectivity index (χ3v) is 3.72. The van der Waals surface area contributed by atoms with E-state index in [2.05, 4.69) is 16.9 Å². The number of nitrogens with zero attached hydrogens (tertiary/aromatic N) is 2. The first-order chi connectivity index (χ1) is 12.5. The van der Waals surface area contributed by atoms with E-state index in [-0.39, 0.29) is 5.57 Å². The molecule has 0 fully saturated rings. The van der Waals surface area contributed by atoms with E-state index in [1.54, 1.807) is 13.0 Å². The average molecular weight is 353 g/mol. The van der Waals surface area contributed by atoms with Crippen molar-refractivity contribution in [3.8, 4) is 0 Å². The number of oxazole rings is 1. The van der Waals surface area contributed by atoms with Crippen LogP contribution >= 0.6 is 0 Å². The van der Waals surface area contributed by atoms with Crippen molar-refractivity contribution in [1.29, 1.82) is 0 Å². The maximum atomic E-state index is 11.2. The molecule has 0 aliphatic rings. The van der Waals surface area contributed by atoms with Crippen LogP contribution in [0.4, 0.5) is 0 Å². The Morgan fingerprint density at radius 3 is 2.85 bits per heavy atom. The first kappa shape index (κ1) is 19.1. The SMILES string of the molecule is C=C/C(=C\C(=C/C)c1nc2ccc(CN(C)/C=C\NC)cc2o1)C(=O)O. The Morgan fingerprint density at radius 2 is 2.23 bits per heavy atom. The minimum Gasteiger partial charge on any atom is -0.478 e. The molecule has 2 N–H and O–H groups in total. The van der Waals surface area contributed by atoms with Crippen molar-refractivity contribution >= 4 is 22.6 Å². The number of aromatic nitrogens is 1. The quantitative estimate of drug-likeness (QED) is 0.558. The van der Waals surface area contributed by atoms with Crippen LogP contribution in [0.3, 0.4) is 0 Å². The number of benzene rings is 1. The lowest BCUT2D eigenvalue weighted by atomic mass is 10.1. The van der Waals surface area contributed by atoms with Crippen LogP contribution in [0.25, 0.3) is 16.7 Å². The minimum absolute atomic E-state index is 0.0824. The molecule has 6 nitrogen and oxygen atoms in total. The van der Waals surface area contributed by atoms with Crippen LogP contribution in [0.15, 0.2) is 65.4 Å². The molecular weight excluding hydrogens is 330 g/mol. The maximum Gasteiger partial charge on any atom is 0.335 e. The number of aliphatic carboxylic acids is 1. The number of hydrogen-bond donors (Lipinski definition) is 2. The second kappa shape index (κ2) is 8.71. The van der Waals surface area contributed by atoms with Crippen molar-refractivity contribution in [2.45, 2.75) is 13.5 Å². The first-order valence-electron chi connectivity index (χ1n) is 8.16. The van der Waals surface area contributed by atoms with Gasteiger partial charge in [0.25, 0.3) is 0 Å². The normalized spacial score (nSPS) is 12.6. The first-order valence-corrected chi connectivity index (χ1v) is 8.16. The molecule has 0 bridgehead atoms. The number of hydrogen-bond acceptors (Lipinski definition) is 5. The third kappa shape index (κ3) is 4.63. The fourth-order valence-corrected chi connectivity index (χ4v) is 2.38. The number of carboxylic acid groups (broad SMARTS) is 1. The molecule has 0 spiro atoms. The number of carbonyl (C=O) groups is 1. The van der Waals surface area contributed by atoms with E-state index in [9.17, 15) is 4.79 Å². The molecule has 0 saturated carbocycles. The van der Waals surface area contributed by atoms with E-state index in [0.717, 1.165) is 17.6 Å². The van der Waals surface area contributed by atoms with E-state index in [0.29, 0.717) is 17.0 Å². The molecule has 1 heterocycles. The summed E-state index contributed by atoms with van der Waals surface area (Å²) >= 11 is 0. The Labute approximate surface area is 152 Å². The summed E-state index contributed by atoms with van der Waals surface area (Å²) in [6.07, 6.45) is 8.35. The van der Waals surface area contributed by atoms with Crippen molar-refractivity contribution < 1.29 is 14.3 Å². The van der Waals surface area contributed by atoms with Gasteiger partial charge in [-0.2, -0.15) is 0 Å². The molecule has 0 unspecified atom stereocenters. The van der Waals surface area contributed by atoms with Crippen LogP contribution in [-0.2, 0) is 11.3 Å². The smallest absolute Gasteiger partial charge is 0.335 e. The average Bonchev–Trinajstić information content (AvgIpc) is 3.03. The van der Waals surface area contributed by atoms with Gasteiger partial charge < -0.3 is 19.7 Å². The molecule has 0 radical (unpaired) electrons. The van der Waals surface area contributed by atoms with Gasteiger partial charge in [-0.25, -0.2) is 9.78 Å². The van der Waals surface area contributed by atoms with E-state index in [1.165, 1.54) is 12.2 Å². The summed E-state index contributed by atoms with van der Waals surface area (Å²) in [6, 6.07) is 5.84. The third-order valence-electron chi connectivity index (χ3n) is 3.72. The van der Waals surface area contributed by atoms with Crippen LogP contribution in [0, 0.1) is 0 Å². The van der Waals surface area contributed by atoms with Crippen LogP contribution in [0.2, 0.25) is 0 Å². The zero-order valence-corrected chi connectivity index (χ0v) is 15.2. The zero-order chi connectivity index (χ0) is 19.1. The van der Waals surface area contributed by atoms with Crippen molar-refractivity contribution in [3.63, 3.8) is 0 Å². The highest BCUT2D eigenvalue weighted by Gasteiger charge is 2.12. The molecular formula is C20H23N3O3. The van der Waals surface area contributed by atoms with Gasteiger partial charge in [0.2, 0.25) is 5.89 Å². The van der Waals surface area contributed by atoms with Gasteiger partial charge in [-0.05, 0) is 30.7 Å². The van der Waals surface area contributed by atoms with Crippen molar-refractivity contribution in [2.75, 3.05) is 14.1 Å². The largest absolute Gasteiger partial charge is 0.478 e. The highest BCUT2D eigenvalue weighted by Crippen LogP contribution is 2.24. The van der Waals surface area contributed by atoms with Crippen LogP contribution in [0.5, 0.6) is 0 Å². The Hall–Kier alpha value is -3.28. The van der Waals surface area contributed by atoms with E-state index in [1.807, 2.05) is 49.6 Å². The van der Waals surface area contributed by atoms with E-state index in [4.69, 9.17) is 9.52 Å². The predicted molar refractivity (Wildman–Crippen MR) is 103 cm³/mol. The van der Waals surface area contributed by atoms with Crippen LogP contribution in [0.1, 0.15) is 18.4 Å². The van der Waals surface area contributed by atoms with Gasteiger partial charge in [0, 0.05) is 38.6 Å².